The van der Waals surface area contributed by atoms with Crippen molar-refractivity contribution in [2.45, 2.75) is 303 Å². The molecule has 0 heterocycles. The number of allylic oxidation sites excluding steroid dienone is 6. The number of phosphoric acid groups is 1. The number of hydrogen-bond donors (Lipinski definition) is 2. The Balaban J connectivity index is 4.69. The lowest BCUT2D eigenvalue weighted by Crippen LogP contribution is -2.30. The molecule has 422 valence electrons. The second kappa shape index (κ2) is 54.9. The number of hydrogen-bond acceptors (Lipinski definition) is 10. The topological polar surface area (TPSA) is 155 Å². The molecule has 0 aromatic carbocycles. The highest BCUT2D eigenvalue weighted by atomic mass is 31.2. The molecule has 0 aromatic rings. The zero-order valence-corrected chi connectivity index (χ0v) is 47.6. The maximum Gasteiger partial charge on any atom is 0.472 e. The van der Waals surface area contributed by atoms with Gasteiger partial charge in [0.05, 0.1) is 19.8 Å². The van der Waals surface area contributed by atoms with Gasteiger partial charge in [0.15, 0.2) is 6.10 Å². The number of ether oxygens (including phenoxy) is 3. The molecule has 0 fully saturated rings. The maximum atomic E-state index is 12.9. The molecule has 0 bridgehead atoms. The van der Waals surface area contributed by atoms with Crippen LogP contribution in [0.4, 0.5) is 0 Å². The van der Waals surface area contributed by atoms with E-state index in [0.717, 1.165) is 89.9 Å². The van der Waals surface area contributed by atoms with Gasteiger partial charge in [0.2, 0.25) is 0 Å². The normalized spacial score (nSPS) is 13.6. The second-order valence-electron chi connectivity index (χ2n) is 20.2. The van der Waals surface area contributed by atoms with Gasteiger partial charge in [-0.15, -0.1) is 0 Å². The number of unbranched alkanes of at least 4 members (excludes halogenated alkanes) is 33. The van der Waals surface area contributed by atoms with Crippen molar-refractivity contribution in [1.82, 2.24) is 0 Å². The number of carbonyl (C=O) groups excluding carboxylic acids is 3. The largest absolute Gasteiger partial charge is 0.472 e. The molecule has 3 atom stereocenters. The maximum absolute atomic E-state index is 12.9. The van der Waals surface area contributed by atoms with Gasteiger partial charge in [-0.1, -0.05) is 231 Å². The average molecular weight is 1040 g/mol. The molecule has 0 saturated heterocycles. The standard InChI is InChI=1S/C60H111O11P/c1-4-7-10-13-16-19-22-25-26-27-28-29-30-33-36-39-42-45-48-51-60(64)71-57(53-67-58(62)49-46-43-40-37-34-31-23-20-17-14-11-8-5-2)55-69-72(65,66)68-54-56(52-61)70-59(63)50-47-44-41-38-35-32-24-21-18-15-12-9-6-3/h16,19,21,24-26,56-57,61H,4-15,17-18,20,22-23,27-55H2,1-3H3,(H,65,66)/b19-16-,24-21-,26-25-. The highest BCUT2D eigenvalue weighted by Gasteiger charge is 2.28. The van der Waals surface area contributed by atoms with Crippen molar-refractivity contribution >= 4 is 25.7 Å². The molecule has 0 aromatic heterocycles. The average Bonchev–Trinajstić information content (AvgIpc) is 3.37. The Morgan fingerprint density at radius 1 is 0.389 bits per heavy atom. The van der Waals surface area contributed by atoms with E-state index >= 15 is 0 Å². The van der Waals surface area contributed by atoms with Crippen LogP contribution < -0.4 is 0 Å². The summed E-state index contributed by atoms with van der Waals surface area (Å²) >= 11 is 0. The summed E-state index contributed by atoms with van der Waals surface area (Å²) in [6.45, 7) is 4.63. The summed E-state index contributed by atoms with van der Waals surface area (Å²) in [7, 11) is -4.74. The fraction of sp³-hybridized carbons (Fsp3) is 0.850. The minimum Gasteiger partial charge on any atom is -0.462 e. The predicted molar refractivity (Wildman–Crippen MR) is 298 cm³/mol. The molecule has 0 aliphatic heterocycles. The van der Waals surface area contributed by atoms with Crippen LogP contribution >= 0.6 is 7.82 Å². The van der Waals surface area contributed by atoms with Gasteiger partial charge in [-0.2, -0.15) is 0 Å². The van der Waals surface area contributed by atoms with Crippen LogP contribution in [0.15, 0.2) is 36.5 Å². The zero-order valence-electron chi connectivity index (χ0n) is 46.7. The Bertz CT molecular complexity index is 1350. The molecular weight excluding hydrogens is 928 g/mol. The van der Waals surface area contributed by atoms with Gasteiger partial charge >= 0.3 is 25.7 Å². The van der Waals surface area contributed by atoms with Crippen LogP contribution in [-0.2, 0) is 42.2 Å². The summed E-state index contributed by atoms with van der Waals surface area (Å²) in [6, 6.07) is 0. The highest BCUT2D eigenvalue weighted by Crippen LogP contribution is 2.43. The minimum atomic E-state index is -4.74. The molecule has 0 aliphatic rings. The van der Waals surface area contributed by atoms with Crippen LogP contribution in [0.3, 0.4) is 0 Å². The van der Waals surface area contributed by atoms with Gasteiger partial charge in [0, 0.05) is 19.3 Å². The van der Waals surface area contributed by atoms with Crippen molar-refractivity contribution in [3.63, 3.8) is 0 Å². The van der Waals surface area contributed by atoms with Crippen LogP contribution in [0.2, 0.25) is 0 Å². The number of esters is 3. The van der Waals surface area contributed by atoms with E-state index in [1.165, 1.54) is 141 Å². The first-order valence-electron chi connectivity index (χ1n) is 29.9. The Hall–Kier alpha value is -2.30. The minimum absolute atomic E-state index is 0.166. The molecule has 0 amide bonds. The lowest BCUT2D eigenvalue weighted by molar-refractivity contribution is -0.161. The van der Waals surface area contributed by atoms with Gasteiger partial charge in [-0.25, -0.2) is 4.57 Å². The number of aliphatic hydroxyl groups is 1. The summed E-state index contributed by atoms with van der Waals surface area (Å²) in [6.07, 6.45) is 56.7. The zero-order chi connectivity index (χ0) is 52.7. The first kappa shape index (κ1) is 69.7. The Morgan fingerprint density at radius 3 is 1.08 bits per heavy atom. The quantitative estimate of drug-likeness (QED) is 0.0197. The molecule has 11 nitrogen and oxygen atoms in total. The van der Waals surface area contributed by atoms with Crippen LogP contribution in [0.1, 0.15) is 290 Å². The van der Waals surface area contributed by atoms with E-state index in [9.17, 15) is 28.9 Å². The molecule has 72 heavy (non-hydrogen) atoms. The fourth-order valence-corrected chi connectivity index (χ4v) is 9.23. The molecule has 0 rings (SSSR count). The Morgan fingerprint density at radius 2 is 0.681 bits per heavy atom. The summed E-state index contributed by atoms with van der Waals surface area (Å²) < 4.78 is 39.5. The van der Waals surface area contributed by atoms with Gasteiger partial charge in [0.1, 0.15) is 12.7 Å². The summed E-state index contributed by atoms with van der Waals surface area (Å²) in [5.41, 5.74) is 0. The van der Waals surface area contributed by atoms with E-state index < -0.39 is 57.8 Å². The van der Waals surface area contributed by atoms with Crippen LogP contribution in [-0.4, -0.2) is 66.5 Å². The van der Waals surface area contributed by atoms with Crippen molar-refractivity contribution in [3.8, 4) is 0 Å². The third kappa shape index (κ3) is 52.6. The molecule has 0 spiro atoms. The molecule has 0 radical (unpaired) electrons. The van der Waals surface area contributed by atoms with Gasteiger partial charge in [0.25, 0.3) is 0 Å². The van der Waals surface area contributed by atoms with Crippen molar-refractivity contribution in [2.75, 3.05) is 26.4 Å². The molecule has 12 heteroatoms. The molecule has 3 unspecified atom stereocenters. The lowest BCUT2D eigenvalue weighted by atomic mass is 10.0. The third-order valence-corrected chi connectivity index (χ3v) is 14.0. The molecule has 0 saturated carbocycles. The van der Waals surface area contributed by atoms with Gasteiger partial charge in [-0.05, 0) is 77.0 Å². The second-order valence-corrected chi connectivity index (χ2v) is 21.6. The van der Waals surface area contributed by atoms with Gasteiger partial charge < -0.3 is 24.2 Å². The smallest absolute Gasteiger partial charge is 0.462 e. The van der Waals surface area contributed by atoms with E-state index in [2.05, 4.69) is 57.2 Å². The summed E-state index contributed by atoms with van der Waals surface area (Å²) in [5, 5.41) is 9.81. The van der Waals surface area contributed by atoms with Crippen LogP contribution in [0.5, 0.6) is 0 Å². The summed E-state index contributed by atoms with van der Waals surface area (Å²) in [4.78, 5) is 48.5. The SMILES string of the molecule is CCCCC/C=C\C/C=C\CCCCCCCCCCCC(=O)OC(COC(=O)CCCCCCCCCCCCCCC)COP(=O)(O)OCC(CO)OC(=O)CCCCCCC/C=C\CCCCCC. The fourth-order valence-electron chi connectivity index (χ4n) is 8.44. The van der Waals surface area contributed by atoms with E-state index in [1.807, 2.05) is 0 Å². The molecule has 0 aliphatic carbocycles. The number of phosphoric ester groups is 1. The van der Waals surface area contributed by atoms with Crippen molar-refractivity contribution < 1.29 is 52.2 Å². The number of carbonyl (C=O) groups is 3. The van der Waals surface area contributed by atoms with E-state index in [1.54, 1.807) is 0 Å². The molecule has 2 N–H and O–H groups in total. The van der Waals surface area contributed by atoms with Crippen LogP contribution in [0, 0.1) is 0 Å². The van der Waals surface area contributed by atoms with E-state index in [-0.39, 0.29) is 25.9 Å². The van der Waals surface area contributed by atoms with Crippen molar-refractivity contribution in [3.05, 3.63) is 36.5 Å². The number of rotatable bonds is 56. The highest BCUT2D eigenvalue weighted by molar-refractivity contribution is 7.47. The Kier molecular flexibility index (Phi) is 53.2. The lowest BCUT2D eigenvalue weighted by Gasteiger charge is -2.21. The predicted octanol–water partition coefficient (Wildman–Crippen LogP) is 17.6. The first-order valence-corrected chi connectivity index (χ1v) is 31.4. The molecular formula is C60H111O11P. The monoisotopic (exact) mass is 1040 g/mol. The first-order chi connectivity index (χ1) is 35.2. The Labute approximate surface area is 441 Å². The van der Waals surface area contributed by atoms with Crippen molar-refractivity contribution in [2.24, 2.45) is 0 Å². The van der Waals surface area contributed by atoms with E-state index in [0.29, 0.717) is 19.3 Å². The van der Waals surface area contributed by atoms with E-state index in [4.69, 9.17) is 23.3 Å². The number of aliphatic hydroxyl groups excluding tert-OH is 1. The van der Waals surface area contributed by atoms with Gasteiger partial charge in [-0.3, -0.25) is 23.4 Å². The van der Waals surface area contributed by atoms with Crippen molar-refractivity contribution in [1.29, 1.82) is 0 Å². The van der Waals surface area contributed by atoms with Crippen LogP contribution in [0.25, 0.3) is 0 Å². The third-order valence-electron chi connectivity index (χ3n) is 13.0. The summed E-state index contributed by atoms with van der Waals surface area (Å²) in [5.74, 6) is -1.46.